The number of para-hydroxylation sites is 1. The van der Waals surface area contributed by atoms with Crippen molar-refractivity contribution >= 4 is 28.3 Å². The van der Waals surface area contributed by atoms with Crippen LogP contribution in [0.15, 0.2) is 40.8 Å². The van der Waals surface area contributed by atoms with Crippen LogP contribution in [-0.4, -0.2) is 17.3 Å². The molecule has 5 nitrogen and oxygen atoms in total. The molecule has 31 heavy (non-hydrogen) atoms. The summed E-state index contributed by atoms with van der Waals surface area (Å²) in [7, 11) is 0. The minimum atomic E-state index is -0.363. The fraction of sp³-hybridized carbons (Fsp3) is 0.385. The van der Waals surface area contributed by atoms with Crippen molar-refractivity contribution < 1.29 is 18.7 Å². The molecule has 0 saturated heterocycles. The van der Waals surface area contributed by atoms with Gasteiger partial charge in [-0.2, -0.15) is 0 Å². The molecule has 0 unspecified atom stereocenters. The Kier molecular flexibility index (Phi) is 4.84. The van der Waals surface area contributed by atoms with E-state index >= 15 is 0 Å². The lowest BCUT2D eigenvalue weighted by molar-refractivity contribution is 0.0139. The van der Waals surface area contributed by atoms with Gasteiger partial charge in [-0.3, -0.25) is 9.59 Å². The molecule has 2 aromatic carbocycles. The molecule has 2 aliphatic rings. The zero-order valence-electron chi connectivity index (χ0n) is 18.0. The number of ketones is 1. The molecule has 3 aromatic rings. The lowest BCUT2D eigenvalue weighted by Crippen LogP contribution is -2.43. The van der Waals surface area contributed by atoms with Crippen molar-refractivity contribution in [1.29, 1.82) is 0 Å². The summed E-state index contributed by atoms with van der Waals surface area (Å²) in [5, 5.41) is 3.66. The molecule has 5 heteroatoms. The van der Waals surface area contributed by atoms with Gasteiger partial charge in [-0.25, -0.2) is 0 Å². The number of ether oxygens (including phenoxy) is 1. The molecule has 2 heterocycles. The standard InChI is InChI=1S/C26H27NO4/c1-3-17-9-5-6-10-18(17)27-25(29)24-16(2)22-20(30-24)11-12-21-23(22)19(28)15-26(31-21)13-7-4-8-14-26/h5-6,9-12H,3-4,7-8,13-15H2,1-2H3,(H,27,29). The number of amides is 1. The van der Waals surface area contributed by atoms with Crippen molar-refractivity contribution in [3.63, 3.8) is 0 Å². The van der Waals surface area contributed by atoms with Crippen LogP contribution in [0.1, 0.15) is 77.5 Å². The smallest absolute Gasteiger partial charge is 0.291 e. The van der Waals surface area contributed by atoms with Crippen LogP contribution in [0.3, 0.4) is 0 Å². The summed E-state index contributed by atoms with van der Waals surface area (Å²) < 4.78 is 12.4. The second kappa shape index (κ2) is 7.56. The molecule has 0 radical (unpaired) electrons. The highest BCUT2D eigenvalue weighted by Crippen LogP contribution is 2.45. The molecule has 1 aliphatic carbocycles. The molecule has 1 aromatic heterocycles. The largest absolute Gasteiger partial charge is 0.486 e. The predicted octanol–water partition coefficient (Wildman–Crippen LogP) is 6.22. The predicted molar refractivity (Wildman–Crippen MR) is 120 cm³/mol. The minimum Gasteiger partial charge on any atom is -0.486 e. The van der Waals surface area contributed by atoms with Crippen LogP contribution in [0.4, 0.5) is 5.69 Å². The summed E-state index contributed by atoms with van der Waals surface area (Å²) in [6, 6.07) is 11.4. The summed E-state index contributed by atoms with van der Waals surface area (Å²) >= 11 is 0. The highest BCUT2D eigenvalue weighted by atomic mass is 16.5. The van der Waals surface area contributed by atoms with Gasteiger partial charge in [0, 0.05) is 16.6 Å². The molecular formula is C26H27NO4. The van der Waals surface area contributed by atoms with E-state index in [1.807, 2.05) is 43.3 Å². The van der Waals surface area contributed by atoms with Gasteiger partial charge in [-0.15, -0.1) is 0 Å². The van der Waals surface area contributed by atoms with Crippen LogP contribution in [0.25, 0.3) is 11.0 Å². The van der Waals surface area contributed by atoms with Crippen molar-refractivity contribution in [2.75, 3.05) is 5.32 Å². The van der Waals surface area contributed by atoms with E-state index in [4.69, 9.17) is 9.15 Å². The number of anilines is 1. The molecule has 1 fully saturated rings. The van der Waals surface area contributed by atoms with E-state index in [0.717, 1.165) is 43.4 Å². The Hall–Kier alpha value is -3.08. The fourth-order valence-electron chi connectivity index (χ4n) is 5.16. The number of carbonyl (C=O) groups is 2. The molecular weight excluding hydrogens is 390 g/mol. The summed E-state index contributed by atoms with van der Waals surface area (Å²) in [5.41, 5.74) is 3.25. The monoisotopic (exact) mass is 417 g/mol. The zero-order valence-corrected chi connectivity index (χ0v) is 18.0. The van der Waals surface area contributed by atoms with Gasteiger partial charge in [0.2, 0.25) is 0 Å². The summed E-state index contributed by atoms with van der Waals surface area (Å²) in [4.78, 5) is 26.3. The fourth-order valence-corrected chi connectivity index (χ4v) is 5.16. The molecule has 1 aliphatic heterocycles. The van der Waals surface area contributed by atoms with Crippen LogP contribution >= 0.6 is 0 Å². The number of hydrogen-bond acceptors (Lipinski definition) is 4. The van der Waals surface area contributed by atoms with Gasteiger partial charge in [0.1, 0.15) is 16.9 Å². The normalized spacial score (nSPS) is 17.4. The Labute approximate surface area is 181 Å². The number of hydrogen-bond donors (Lipinski definition) is 1. The van der Waals surface area contributed by atoms with Crippen molar-refractivity contribution in [3.8, 4) is 5.75 Å². The van der Waals surface area contributed by atoms with Crippen LogP contribution in [0.5, 0.6) is 5.75 Å². The second-order valence-electron chi connectivity index (χ2n) is 8.78. The van der Waals surface area contributed by atoms with E-state index in [1.54, 1.807) is 0 Å². The first kappa shape index (κ1) is 19.9. The van der Waals surface area contributed by atoms with Crippen LogP contribution in [0, 0.1) is 6.92 Å². The quantitative estimate of drug-likeness (QED) is 0.549. The van der Waals surface area contributed by atoms with Gasteiger partial charge in [-0.1, -0.05) is 31.5 Å². The van der Waals surface area contributed by atoms with Gasteiger partial charge in [0.15, 0.2) is 11.5 Å². The summed E-state index contributed by atoms with van der Waals surface area (Å²) in [5.74, 6) is 0.634. The third-order valence-electron chi connectivity index (χ3n) is 6.76. The van der Waals surface area contributed by atoms with E-state index in [2.05, 4.69) is 12.2 Å². The number of aryl methyl sites for hydroxylation is 2. The maximum absolute atomic E-state index is 13.3. The van der Waals surface area contributed by atoms with Crippen molar-refractivity contribution in [3.05, 3.63) is 58.8 Å². The lowest BCUT2D eigenvalue weighted by Gasteiger charge is -2.40. The summed E-state index contributed by atoms with van der Waals surface area (Å²) in [6.07, 6.45) is 6.45. The Morgan fingerprint density at radius 3 is 2.65 bits per heavy atom. The van der Waals surface area contributed by atoms with E-state index in [9.17, 15) is 9.59 Å². The van der Waals surface area contributed by atoms with Gasteiger partial charge in [-0.05, 0) is 62.8 Å². The van der Waals surface area contributed by atoms with Gasteiger partial charge >= 0.3 is 0 Å². The number of fused-ring (bicyclic) bond motifs is 3. The Balaban J connectivity index is 1.53. The topological polar surface area (TPSA) is 68.5 Å². The number of nitrogens with one attached hydrogen (secondary N) is 1. The average molecular weight is 418 g/mol. The highest BCUT2D eigenvalue weighted by Gasteiger charge is 2.42. The first-order valence-electron chi connectivity index (χ1n) is 11.2. The first-order valence-corrected chi connectivity index (χ1v) is 11.2. The van der Waals surface area contributed by atoms with Crippen LogP contribution in [0.2, 0.25) is 0 Å². The number of benzene rings is 2. The molecule has 0 atom stereocenters. The zero-order chi connectivity index (χ0) is 21.6. The van der Waals surface area contributed by atoms with E-state index < -0.39 is 0 Å². The minimum absolute atomic E-state index is 0.0842. The van der Waals surface area contributed by atoms with E-state index in [0.29, 0.717) is 34.3 Å². The molecule has 160 valence electrons. The molecule has 1 amide bonds. The number of furan rings is 1. The molecule has 5 rings (SSSR count). The number of rotatable bonds is 3. The maximum Gasteiger partial charge on any atom is 0.291 e. The summed E-state index contributed by atoms with van der Waals surface area (Å²) in [6.45, 7) is 3.89. The third-order valence-corrected chi connectivity index (χ3v) is 6.76. The highest BCUT2D eigenvalue weighted by molar-refractivity contribution is 6.15. The average Bonchev–Trinajstić information content (AvgIpc) is 3.11. The molecule has 1 spiro atoms. The van der Waals surface area contributed by atoms with E-state index in [1.165, 1.54) is 6.42 Å². The molecule has 1 N–H and O–H groups in total. The van der Waals surface area contributed by atoms with Gasteiger partial charge in [0.05, 0.1) is 12.0 Å². The number of carbonyl (C=O) groups excluding carboxylic acids is 2. The van der Waals surface area contributed by atoms with E-state index in [-0.39, 0.29) is 23.1 Å². The molecule has 1 saturated carbocycles. The SMILES string of the molecule is CCc1ccccc1NC(=O)c1oc2ccc3c(c2c1C)C(=O)CC1(CCCCC1)O3. The second-order valence-corrected chi connectivity index (χ2v) is 8.78. The van der Waals surface area contributed by atoms with Crippen molar-refractivity contribution in [1.82, 2.24) is 0 Å². The third kappa shape index (κ3) is 3.32. The van der Waals surface area contributed by atoms with Crippen molar-refractivity contribution in [2.24, 2.45) is 0 Å². The maximum atomic E-state index is 13.3. The Morgan fingerprint density at radius 1 is 1.10 bits per heavy atom. The lowest BCUT2D eigenvalue weighted by atomic mass is 9.78. The van der Waals surface area contributed by atoms with Gasteiger partial charge < -0.3 is 14.5 Å². The van der Waals surface area contributed by atoms with Gasteiger partial charge in [0.25, 0.3) is 5.91 Å². The number of Topliss-reactive ketones (excluding diaryl/α,β-unsaturated/α-hetero) is 1. The first-order chi connectivity index (χ1) is 15.0. The Bertz CT molecular complexity index is 1180. The van der Waals surface area contributed by atoms with Crippen molar-refractivity contribution in [2.45, 2.75) is 64.4 Å². The van der Waals surface area contributed by atoms with Crippen LogP contribution < -0.4 is 10.1 Å². The molecule has 0 bridgehead atoms. The van der Waals surface area contributed by atoms with Crippen LogP contribution in [-0.2, 0) is 6.42 Å². The Morgan fingerprint density at radius 2 is 1.87 bits per heavy atom.